The maximum atomic E-state index is 13.2. The zero-order chi connectivity index (χ0) is 18.8. The van der Waals surface area contributed by atoms with Crippen LogP contribution in [0.15, 0.2) is 61.3 Å². The molecule has 1 amide bonds. The van der Waals surface area contributed by atoms with E-state index >= 15 is 0 Å². The highest BCUT2D eigenvalue weighted by Gasteiger charge is 2.27. The quantitative estimate of drug-likeness (QED) is 0.677. The molecule has 2 aromatic heterocycles. The average Bonchev–Trinajstić information content (AvgIpc) is 3.43. The molecule has 2 heterocycles. The summed E-state index contributed by atoms with van der Waals surface area (Å²) in [6.45, 7) is 3.82. The highest BCUT2D eigenvalue weighted by atomic mass is 19.1. The van der Waals surface area contributed by atoms with Crippen molar-refractivity contribution in [2.75, 3.05) is 0 Å². The van der Waals surface area contributed by atoms with E-state index < -0.39 is 0 Å². The second-order valence-electron chi connectivity index (χ2n) is 6.53. The second kappa shape index (κ2) is 7.15. The summed E-state index contributed by atoms with van der Waals surface area (Å²) in [5.74, 6) is -0.520. The lowest BCUT2D eigenvalue weighted by atomic mass is 10.1. The lowest BCUT2D eigenvalue weighted by Crippen LogP contribution is -2.21. The van der Waals surface area contributed by atoms with Crippen molar-refractivity contribution in [3.63, 3.8) is 0 Å². The molecule has 0 bridgehead atoms. The minimum atomic E-state index is -0.283. The van der Waals surface area contributed by atoms with Gasteiger partial charge in [-0.05, 0) is 60.9 Å². The molecule has 1 fully saturated rings. The van der Waals surface area contributed by atoms with Crippen LogP contribution in [0.3, 0.4) is 0 Å². The molecule has 0 spiro atoms. The summed E-state index contributed by atoms with van der Waals surface area (Å²) in [5, 5.41) is 7.25. The van der Waals surface area contributed by atoms with Crippen molar-refractivity contribution in [2.24, 2.45) is 0 Å². The van der Waals surface area contributed by atoms with Gasteiger partial charge in [-0.2, -0.15) is 5.10 Å². The van der Waals surface area contributed by atoms with E-state index in [1.807, 2.05) is 22.9 Å². The maximum Gasteiger partial charge on any atom is 0.243 e. The van der Waals surface area contributed by atoms with Crippen molar-refractivity contribution in [1.29, 1.82) is 0 Å². The maximum absolute atomic E-state index is 13.2. The molecule has 0 radical (unpaired) electrons. The monoisotopic (exact) mass is 362 g/mol. The van der Waals surface area contributed by atoms with Gasteiger partial charge in [-0.15, -0.1) is 0 Å². The zero-order valence-electron chi connectivity index (χ0n) is 14.7. The van der Waals surface area contributed by atoms with E-state index in [9.17, 15) is 9.18 Å². The van der Waals surface area contributed by atoms with Gasteiger partial charge < -0.3 is 5.32 Å². The van der Waals surface area contributed by atoms with E-state index in [0.29, 0.717) is 12.6 Å². The Morgan fingerprint density at radius 3 is 2.70 bits per heavy atom. The predicted molar refractivity (Wildman–Crippen MR) is 101 cm³/mol. The molecule has 136 valence electrons. The van der Waals surface area contributed by atoms with E-state index in [2.05, 4.69) is 17.0 Å². The summed E-state index contributed by atoms with van der Waals surface area (Å²) in [6.07, 6.45) is 5.23. The summed E-state index contributed by atoms with van der Waals surface area (Å²) < 4.78 is 15.2. The number of hydrogen-bond acceptors (Lipinski definition) is 3. The number of halogens is 1. The summed E-state index contributed by atoms with van der Waals surface area (Å²) in [4.78, 5) is 16.4. The number of rotatable bonds is 6. The van der Waals surface area contributed by atoms with Crippen LogP contribution in [0.5, 0.6) is 0 Å². The lowest BCUT2D eigenvalue weighted by Gasteiger charge is -2.13. The Hall–Kier alpha value is -3.28. The van der Waals surface area contributed by atoms with Crippen LogP contribution >= 0.6 is 0 Å². The van der Waals surface area contributed by atoms with Gasteiger partial charge in [-0.3, -0.25) is 9.48 Å². The van der Waals surface area contributed by atoms with Crippen LogP contribution in [-0.2, 0) is 11.3 Å². The third-order valence-corrected chi connectivity index (χ3v) is 4.56. The standard InChI is InChI=1S/C21H19FN4O/c1-2-20(27)23-13-15-5-10-18(14-3-6-16(22)7-4-14)25-21(15)19-11-12-24-26(19)17-8-9-17/h2-7,10-12,17H,1,8-9,13H2,(H,23,27). The molecule has 1 aromatic carbocycles. The minimum absolute atomic E-state index is 0.237. The van der Waals surface area contributed by atoms with Gasteiger partial charge >= 0.3 is 0 Å². The van der Waals surface area contributed by atoms with Crippen LogP contribution in [0.1, 0.15) is 24.4 Å². The molecular formula is C21H19FN4O. The molecule has 0 atom stereocenters. The first-order valence-electron chi connectivity index (χ1n) is 8.85. The predicted octanol–water partition coefficient (Wildman–Crippen LogP) is 3.89. The van der Waals surface area contributed by atoms with Crippen LogP contribution in [-0.4, -0.2) is 20.7 Å². The molecule has 0 aliphatic heterocycles. The largest absolute Gasteiger partial charge is 0.348 e. The first-order chi connectivity index (χ1) is 13.2. The summed E-state index contributed by atoms with van der Waals surface area (Å²) in [7, 11) is 0. The first-order valence-corrected chi connectivity index (χ1v) is 8.85. The van der Waals surface area contributed by atoms with Gasteiger partial charge in [0.15, 0.2) is 0 Å². The van der Waals surface area contributed by atoms with Gasteiger partial charge in [0.05, 0.1) is 23.1 Å². The van der Waals surface area contributed by atoms with Gasteiger partial charge in [0.2, 0.25) is 5.91 Å². The van der Waals surface area contributed by atoms with Crippen molar-refractivity contribution in [3.05, 3.63) is 72.7 Å². The molecule has 1 N–H and O–H groups in total. The number of carbonyl (C=O) groups excluding carboxylic acids is 1. The van der Waals surface area contributed by atoms with Gasteiger partial charge in [-0.1, -0.05) is 12.6 Å². The van der Waals surface area contributed by atoms with Crippen LogP contribution in [0.2, 0.25) is 0 Å². The fraction of sp³-hybridized carbons (Fsp3) is 0.190. The third kappa shape index (κ3) is 3.65. The number of carbonyl (C=O) groups is 1. The molecule has 1 aliphatic carbocycles. The highest BCUT2D eigenvalue weighted by Crippen LogP contribution is 2.38. The number of nitrogens with zero attached hydrogens (tertiary/aromatic N) is 3. The average molecular weight is 362 g/mol. The van der Waals surface area contributed by atoms with E-state index in [-0.39, 0.29) is 11.7 Å². The van der Waals surface area contributed by atoms with Crippen LogP contribution in [0.4, 0.5) is 4.39 Å². The van der Waals surface area contributed by atoms with E-state index in [1.54, 1.807) is 18.3 Å². The molecule has 0 saturated heterocycles. The van der Waals surface area contributed by atoms with Crippen LogP contribution < -0.4 is 5.32 Å². The molecule has 5 nitrogen and oxygen atoms in total. The molecule has 27 heavy (non-hydrogen) atoms. The zero-order valence-corrected chi connectivity index (χ0v) is 14.7. The molecule has 1 aliphatic rings. The molecule has 1 saturated carbocycles. The lowest BCUT2D eigenvalue weighted by molar-refractivity contribution is -0.116. The van der Waals surface area contributed by atoms with Gasteiger partial charge in [0.1, 0.15) is 5.82 Å². The highest BCUT2D eigenvalue weighted by molar-refractivity contribution is 5.86. The van der Waals surface area contributed by atoms with Crippen LogP contribution in [0, 0.1) is 5.82 Å². The van der Waals surface area contributed by atoms with Gasteiger partial charge in [0.25, 0.3) is 0 Å². The third-order valence-electron chi connectivity index (χ3n) is 4.56. The molecule has 6 heteroatoms. The Morgan fingerprint density at radius 1 is 1.22 bits per heavy atom. The Labute approximate surface area is 156 Å². The topological polar surface area (TPSA) is 59.8 Å². The number of nitrogens with one attached hydrogen (secondary N) is 1. The molecule has 3 aromatic rings. The van der Waals surface area contributed by atoms with Gasteiger partial charge in [0, 0.05) is 18.3 Å². The van der Waals surface area contributed by atoms with Crippen molar-refractivity contribution in [1.82, 2.24) is 20.1 Å². The molecule has 0 unspecified atom stereocenters. The Bertz CT molecular complexity index is 990. The number of pyridine rings is 1. The van der Waals surface area contributed by atoms with Crippen molar-refractivity contribution in [3.8, 4) is 22.6 Å². The first kappa shape index (κ1) is 17.1. The summed E-state index contributed by atoms with van der Waals surface area (Å²) in [5.41, 5.74) is 4.15. The fourth-order valence-corrected chi connectivity index (χ4v) is 3.00. The SMILES string of the molecule is C=CC(=O)NCc1ccc(-c2ccc(F)cc2)nc1-c1ccnn1C1CC1. The normalized spacial score (nSPS) is 13.4. The van der Waals surface area contributed by atoms with Crippen LogP contribution in [0.25, 0.3) is 22.6 Å². The molecular weight excluding hydrogens is 343 g/mol. The minimum Gasteiger partial charge on any atom is -0.348 e. The number of aromatic nitrogens is 3. The van der Waals surface area contributed by atoms with Crippen molar-refractivity contribution < 1.29 is 9.18 Å². The number of hydrogen-bond donors (Lipinski definition) is 1. The van der Waals surface area contributed by atoms with E-state index in [4.69, 9.17) is 4.98 Å². The smallest absolute Gasteiger partial charge is 0.243 e. The summed E-state index contributed by atoms with van der Waals surface area (Å²) in [6, 6.07) is 12.4. The number of benzene rings is 1. The summed E-state index contributed by atoms with van der Waals surface area (Å²) >= 11 is 0. The Kier molecular flexibility index (Phi) is 4.54. The number of amides is 1. The Balaban J connectivity index is 1.76. The Morgan fingerprint density at radius 2 is 2.00 bits per heavy atom. The van der Waals surface area contributed by atoms with Gasteiger partial charge in [-0.25, -0.2) is 9.37 Å². The van der Waals surface area contributed by atoms with Crippen molar-refractivity contribution in [2.45, 2.75) is 25.4 Å². The fourth-order valence-electron chi connectivity index (χ4n) is 3.00. The van der Waals surface area contributed by atoms with Crippen molar-refractivity contribution >= 4 is 5.91 Å². The molecule has 4 rings (SSSR count). The van der Waals surface area contributed by atoms with E-state index in [0.717, 1.165) is 41.1 Å². The second-order valence-corrected chi connectivity index (χ2v) is 6.53. The van der Waals surface area contributed by atoms with E-state index in [1.165, 1.54) is 18.2 Å².